The molecule has 1 rings (SSSR count). The Labute approximate surface area is 116 Å². The highest BCUT2D eigenvalue weighted by molar-refractivity contribution is 9.10. The average molecular weight is 337 g/mol. The molecule has 0 atom stereocenters. The van der Waals surface area contributed by atoms with E-state index in [2.05, 4.69) is 20.7 Å². The first-order chi connectivity index (χ1) is 8.38. The lowest BCUT2D eigenvalue weighted by Gasteiger charge is -2.11. The zero-order valence-corrected chi connectivity index (χ0v) is 12.8. The number of rotatable bonds is 6. The van der Waals surface area contributed by atoms with Gasteiger partial charge in [0.25, 0.3) is 0 Å². The largest absolute Gasteiger partial charge is 0.398 e. The van der Waals surface area contributed by atoms with Gasteiger partial charge in [-0.15, -0.1) is 0 Å². The summed E-state index contributed by atoms with van der Waals surface area (Å²) in [4.78, 5) is 0.186. The van der Waals surface area contributed by atoms with Crippen LogP contribution in [-0.2, 0) is 14.8 Å². The van der Waals surface area contributed by atoms with Crippen LogP contribution in [0.25, 0.3) is 0 Å². The molecule has 0 aliphatic heterocycles. The van der Waals surface area contributed by atoms with Crippen molar-refractivity contribution in [3.05, 3.63) is 22.2 Å². The molecule has 0 saturated heterocycles. The Bertz CT molecular complexity index is 517. The molecule has 0 spiro atoms. The van der Waals surface area contributed by atoms with Crippen molar-refractivity contribution >= 4 is 31.6 Å². The first-order valence-corrected chi connectivity index (χ1v) is 7.79. The number of benzene rings is 1. The van der Waals surface area contributed by atoms with Crippen molar-refractivity contribution in [1.82, 2.24) is 4.72 Å². The second-order valence-corrected chi connectivity index (χ2v) is 6.36. The zero-order valence-electron chi connectivity index (χ0n) is 10.4. The molecule has 7 heteroatoms. The van der Waals surface area contributed by atoms with E-state index in [0.29, 0.717) is 28.9 Å². The molecule has 0 amide bonds. The summed E-state index contributed by atoms with van der Waals surface area (Å²) in [5.41, 5.74) is 6.73. The predicted molar refractivity (Wildman–Crippen MR) is 75.0 cm³/mol. The molecule has 18 heavy (non-hydrogen) atoms. The van der Waals surface area contributed by atoms with Gasteiger partial charge in [-0.05, 0) is 31.5 Å². The molecule has 0 aromatic heterocycles. The second-order valence-electron chi connectivity index (χ2n) is 3.71. The van der Waals surface area contributed by atoms with Gasteiger partial charge in [-0.25, -0.2) is 13.1 Å². The van der Waals surface area contributed by atoms with E-state index in [-0.39, 0.29) is 11.4 Å². The summed E-state index contributed by atoms with van der Waals surface area (Å²) in [6.45, 7) is 4.68. The van der Waals surface area contributed by atoms with Crippen LogP contribution in [0, 0.1) is 6.92 Å². The van der Waals surface area contributed by atoms with E-state index in [1.54, 1.807) is 13.0 Å². The first kappa shape index (κ1) is 15.4. The van der Waals surface area contributed by atoms with Crippen molar-refractivity contribution in [2.24, 2.45) is 0 Å². The van der Waals surface area contributed by atoms with Gasteiger partial charge in [-0.3, -0.25) is 0 Å². The van der Waals surface area contributed by atoms with Gasteiger partial charge in [0.1, 0.15) is 0 Å². The Morgan fingerprint density at radius 1 is 1.44 bits per heavy atom. The summed E-state index contributed by atoms with van der Waals surface area (Å²) in [5, 5.41) is 0. The van der Waals surface area contributed by atoms with E-state index in [1.807, 2.05) is 6.92 Å². The van der Waals surface area contributed by atoms with E-state index >= 15 is 0 Å². The maximum absolute atomic E-state index is 12.1. The highest BCUT2D eigenvalue weighted by Gasteiger charge is 2.18. The molecule has 0 fully saturated rings. The smallest absolute Gasteiger partial charge is 0.241 e. The number of sulfonamides is 1. The van der Waals surface area contributed by atoms with E-state index in [4.69, 9.17) is 10.5 Å². The van der Waals surface area contributed by atoms with Crippen molar-refractivity contribution in [1.29, 1.82) is 0 Å². The first-order valence-electron chi connectivity index (χ1n) is 5.51. The van der Waals surface area contributed by atoms with Gasteiger partial charge in [-0.2, -0.15) is 0 Å². The van der Waals surface area contributed by atoms with Crippen molar-refractivity contribution in [2.75, 3.05) is 25.5 Å². The monoisotopic (exact) mass is 336 g/mol. The Morgan fingerprint density at radius 3 is 2.72 bits per heavy atom. The average Bonchev–Trinajstić information content (AvgIpc) is 2.29. The van der Waals surface area contributed by atoms with Crippen LogP contribution in [0.15, 0.2) is 21.5 Å². The van der Waals surface area contributed by atoms with Crippen LogP contribution in [0.4, 0.5) is 5.69 Å². The minimum Gasteiger partial charge on any atom is -0.398 e. The number of hydrogen-bond donors (Lipinski definition) is 2. The summed E-state index contributed by atoms with van der Waals surface area (Å²) in [6, 6.07) is 3.21. The van der Waals surface area contributed by atoms with Gasteiger partial charge in [0.05, 0.1) is 11.5 Å². The quantitative estimate of drug-likeness (QED) is 0.611. The molecule has 5 nitrogen and oxygen atoms in total. The van der Waals surface area contributed by atoms with Gasteiger partial charge in [0.2, 0.25) is 10.0 Å². The van der Waals surface area contributed by atoms with Crippen LogP contribution in [0.5, 0.6) is 0 Å². The topological polar surface area (TPSA) is 81.4 Å². The summed E-state index contributed by atoms with van der Waals surface area (Å²) in [5.74, 6) is 0. The predicted octanol–water partition coefficient (Wildman–Crippen LogP) is 1.65. The molecular weight excluding hydrogens is 320 g/mol. The molecule has 0 saturated carbocycles. The Hall–Kier alpha value is -0.630. The lowest BCUT2D eigenvalue weighted by molar-refractivity contribution is 0.153. The van der Waals surface area contributed by atoms with Crippen LogP contribution < -0.4 is 10.5 Å². The fraction of sp³-hybridized carbons (Fsp3) is 0.455. The third-order valence-electron chi connectivity index (χ3n) is 2.40. The summed E-state index contributed by atoms with van der Waals surface area (Å²) in [6.07, 6.45) is 0. The molecule has 1 aromatic rings. The molecule has 102 valence electrons. The van der Waals surface area contributed by atoms with Gasteiger partial charge >= 0.3 is 0 Å². The summed E-state index contributed by atoms with van der Waals surface area (Å²) in [7, 11) is -3.56. The Balaban J connectivity index is 2.91. The van der Waals surface area contributed by atoms with E-state index in [1.165, 1.54) is 6.07 Å². The normalized spacial score (nSPS) is 11.7. The molecule has 0 radical (unpaired) electrons. The van der Waals surface area contributed by atoms with E-state index in [9.17, 15) is 8.42 Å². The molecular formula is C11H17BrN2O3S. The Morgan fingerprint density at radius 2 is 2.11 bits per heavy atom. The standard InChI is InChI=1S/C11H17BrN2O3S/c1-3-17-5-4-14-18(15,16)11-7-9(12)6-10(13)8(11)2/h6-7,14H,3-5,13H2,1-2H3. The highest BCUT2D eigenvalue weighted by atomic mass is 79.9. The number of hydrogen-bond acceptors (Lipinski definition) is 4. The SMILES string of the molecule is CCOCCNS(=O)(=O)c1cc(Br)cc(N)c1C. The molecule has 0 heterocycles. The number of halogens is 1. The molecule has 3 N–H and O–H groups in total. The zero-order chi connectivity index (χ0) is 13.8. The molecule has 1 aromatic carbocycles. The van der Waals surface area contributed by atoms with Crippen molar-refractivity contribution in [2.45, 2.75) is 18.7 Å². The van der Waals surface area contributed by atoms with Gasteiger partial charge in [0, 0.05) is 23.3 Å². The van der Waals surface area contributed by atoms with Crippen molar-refractivity contribution in [3.8, 4) is 0 Å². The minimum absolute atomic E-state index is 0.186. The highest BCUT2D eigenvalue weighted by Crippen LogP contribution is 2.25. The van der Waals surface area contributed by atoms with Crippen LogP contribution in [0.1, 0.15) is 12.5 Å². The molecule has 0 bridgehead atoms. The van der Waals surface area contributed by atoms with E-state index < -0.39 is 10.0 Å². The van der Waals surface area contributed by atoms with Crippen LogP contribution in [0.3, 0.4) is 0 Å². The molecule has 0 aliphatic rings. The van der Waals surface area contributed by atoms with E-state index in [0.717, 1.165) is 0 Å². The van der Waals surface area contributed by atoms with Gasteiger partial charge in [-0.1, -0.05) is 15.9 Å². The summed E-state index contributed by atoms with van der Waals surface area (Å²) >= 11 is 3.24. The van der Waals surface area contributed by atoms with Crippen molar-refractivity contribution in [3.63, 3.8) is 0 Å². The lowest BCUT2D eigenvalue weighted by atomic mass is 10.2. The van der Waals surface area contributed by atoms with Crippen LogP contribution in [-0.4, -0.2) is 28.2 Å². The molecule has 0 unspecified atom stereocenters. The third-order valence-corrected chi connectivity index (χ3v) is 4.44. The Kier molecular flexibility index (Phi) is 5.58. The van der Waals surface area contributed by atoms with Gasteiger partial charge < -0.3 is 10.5 Å². The maximum atomic E-state index is 12.1. The number of ether oxygens (including phenoxy) is 1. The van der Waals surface area contributed by atoms with Crippen LogP contribution in [0.2, 0.25) is 0 Å². The van der Waals surface area contributed by atoms with Crippen LogP contribution >= 0.6 is 15.9 Å². The minimum atomic E-state index is -3.56. The number of nitrogens with one attached hydrogen (secondary N) is 1. The van der Waals surface area contributed by atoms with Crippen molar-refractivity contribution < 1.29 is 13.2 Å². The summed E-state index contributed by atoms with van der Waals surface area (Å²) < 4.78 is 32.3. The number of nitrogens with two attached hydrogens (primary N) is 1. The second kappa shape index (κ2) is 6.51. The maximum Gasteiger partial charge on any atom is 0.241 e. The number of nitrogen functional groups attached to an aromatic ring is 1. The fourth-order valence-electron chi connectivity index (χ4n) is 1.42. The fourth-order valence-corrected chi connectivity index (χ4v) is 3.36. The van der Waals surface area contributed by atoms with Gasteiger partial charge in [0.15, 0.2) is 0 Å². The lowest BCUT2D eigenvalue weighted by Crippen LogP contribution is -2.28. The number of anilines is 1. The third kappa shape index (κ3) is 3.94. The molecule has 0 aliphatic carbocycles.